The van der Waals surface area contributed by atoms with Crippen molar-refractivity contribution < 1.29 is 8.83 Å². The number of nitrogens with zero attached hydrogens (tertiary/aromatic N) is 2. The van der Waals surface area contributed by atoms with E-state index in [4.69, 9.17) is 8.83 Å². The summed E-state index contributed by atoms with van der Waals surface area (Å²) in [5.74, 6) is 0. The highest BCUT2D eigenvalue weighted by molar-refractivity contribution is 5.94. The maximum Gasteiger partial charge on any atom is 0.274 e. The fourth-order valence-electron chi connectivity index (χ4n) is 2.42. The van der Waals surface area contributed by atoms with E-state index in [0.29, 0.717) is 11.4 Å². The van der Waals surface area contributed by atoms with E-state index < -0.39 is 0 Å². The van der Waals surface area contributed by atoms with Crippen LogP contribution in [0, 0.1) is 12.1 Å². The molecule has 6 bridgehead atoms. The summed E-state index contributed by atoms with van der Waals surface area (Å²) in [7, 11) is 0. The van der Waals surface area contributed by atoms with Crippen LogP contribution in [-0.2, 0) is 0 Å². The number of benzene rings is 2. The monoisotopic (exact) mass is 258 g/mol. The van der Waals surface area contributed by atoms with Crippen LogP contribution in [0.15, 0.2) is 45.2 Å². The molecule has 0 aliphatic rings. The summed E-state index contributed by atoms with van der Waals surface area (Å²) in [6.45, 7) is 0. The van der Waals surface area contributed by atoms with Gasteiger partial charge in [0.25, 0.3) is 11.4 Å². The van der Waals surface area contributed by atoms with Gasteiger partial charge in [-0.05, 0) is 35.0 Å². The van der Waals surface area contributed by atoms with Gasteiger partial charge < -0.3 is 8.83 Å². The van der Waals surface area contributed by atoms with Gasteiger partial charge in [-0.2, -0.15) is 0 Å². The van der Waals surface area contributed by atoms with Gasteiger partial charge >= 0.3 is 0 Å². The second kappa shape index (κ2) is 3.28. The number of hydrogen-bond donors (Lipinski definition) is 0. The summed E-state index contributed by atoms with van der Waals surface area (Å²) in [5.41, 5.74) is 3.80. The Labute approximate surface area is 112 Å². The summed E-state index contributed by atoms with van der Waals surface area (Å²) in [5, 5.41) is 2.10. The van der Waals surface area contributed by atoms with Gasteiger partial charge in [-0.15, -0.1) is 0 Å². The van der Waals surface area contributed by atoms with Gasteiger partial charge in [0.15, 0.2) is 11.2 Å². The Kier molecular flexibility index (Phi) is 1.61. The summed E-state index contributed by atoms with van der Waals surface area (Å²) < 4.78 is 11.3. The fourth-order valence-corrected chi connectivity index (χ4v) is 2.42. The number of rotatable bonds is 0. The molecule has 0 saturated carbocycles. The number of hydrogen-bond acceptors (Lipinski definition) is 4. The average molecular weight is 258 g/mol. The van der Waals surface area contributed by atoms with Crippen LogP contribution >= 0.6 is 0 Å². The first kappa shape index (κ1) is 9.82. The fraction of sp³-hybridized carbons (Fsp3) is 0. The lowest BCUT2D eigenvalue weighted by molar-refractivity contribution is 0.655. The van der Waals surface area contributed by atoms with Crippen molar-refractivity contribution in [2.24, 2.45) is 0 Å². The SMILES string of the molecule is c1c2nc3ccc(cc3o2)c2ccc3nc(c#1)oc3c2. The molecule has 5 aromatic rings. The molecule has 4 heteroatoms. The zero-order valence-electron chi connectivity index (χ0n) is 10.2. The lowest BCUT2D eigenvalue weighted by Gasteiger charge is -1.93. The maximum absolute atomic E-state index is 5.63. The molecule has 0 amide bonds. The average Bonchev–Trinajstić information content (AvgIpc) is 3.06. The Balaban J connectivity index is 2.14. The minimum atomic E-state index is 0.372. The van der Waals surface area contributed by atoms with Crippen LogP contribution < -0.4 is 0 Å². The molecular weight excluding hydrogens is 252 g/mol. The summed E-state index contributed by atoms with van der Waals surface area (Å²) in [6.07, 6.45) is 0. The first-order chi connectivity index (χ1) is 9.85. The lowest BCUT2D eigenvalue weighted by Crippen LogP contribution is -1.72. The predicted molar refractivity (Wildman–Crippen MR) is 74.3 cm³/mol. The van der Waals surface area contributed by atoms with E-state index in [1.807, 2.05) is 36.4 Å². The zero-order valence-corrected chi connectivity index (χ0v) is 10.2. The second-order valence-electron chi connectivity index (χ2n) is 4.65. The Morgan fingerprint density at radius 2 is 1.20 bits per heavy atom. The standard InChI is InChI=1S/C16H6N2O2/c1-3-11-13-7-9(1)10-2-4-12-14(8-10)20-16(18-12)6-5-15(17-11)19-13/h1-4,7-8H. The van der Waals surface area contributed by atoms with E-state index in [0.717, 1.165) is 33.0 Å². The van der Waals surface area contributed by atoms with Gasteiger partial charge in [-0.25, -0.2) is 9.97 Å². The molecule has 3 aromatic heterocycles. The topological polar surface area (TPSA) is 52.1 Å². The van der Waals surface area contributed by atoms with Crippen molar-refractivity contribution in [1.82, 2.24) is 9.97 Å². The van der Waals surface area contributed by atoms with Crippen LogP contribution in [-0.4, -0.2) is 9.97 Å². The molecule has 0 spiro atoms. The third-order valence-electron chi connectivity index (χ3n) is 3.39. The quantitative estimate of drug-likeness (QED) is 0.423. The molecule has 20 heavy (non-hydrogen) atoms. The van der Waals surface area contributed by atoms with Crippen LogP contribution in [0.5, 0.6) is 0 Å². The summed E-state index contributed by atoms with van der Waals surface area (Å²) >= 11 is 0. The number of fused-ring (bicyclic) bond motifs is 5. The van der Waals surface area contributed by atoms with Crippen molar-refractivity contribution in [2.75, 3.05) is 0 Å². The molecule has 3 heterocycles. The van der Waals surface area contributed by atoms with Crippen molar-refractivity contribution in [3.63, 3.8) is 0 Å². The predicted octanol–water partition coefficient (Wildman–Crippen LogP) is 3.88. The Morgan fingerprint density at radius 1 is 0.700 bits per heavy atom. The summed E-state index contributed by atoms with van der Waals surface area (Å²) in [4.78, 5) is 8.65. The molecule has 2 aromatic carbocycles. The van der Waals surface area contributed by atoms with Crippen molar-refractivity contribution in [3.8, 4) is 0 Å². The minimum absolute atomic E-state index is 0.372. The van der Waals surface area contributed by atoms with Crippen molar-refractivity contribution in [2.45, 2.75) is 0 Å². The Morgan fingerprint density at radius 3 is 1.70 bits per heavy atom. The minimum Gasteiger partial charge on any atom is -0.430 e. The molecule has 0 N–H and O–H groups in total. The van der Waals surface area contributed by atoms with Crippen LogP contribution in [0.2, 0.25) is 0 Å². The van der Waals surface area contributed by atoms with Crippen LogP contribution in [0.4, 0.5) is 0 Å². The van der Waals surface area contributed by atoms with Gasteiger partial charge in [-0.3, -0.25) is 0 Å². The van der Waals surface area contributed by atoms with Crippen LogP contribution in [0.1, 0.15) is 0 Å². The molecule has 0 aliphatic carbocycles. The van der Waals surface area contributed by atoms with E-state index in [-0.39, 0.29) is 0 Å². The van der Waals surface area contributed by atoms with Crippen molar-refractivity contribution in [1.29, 1.82) is 0 Å². The van der Waals surface area contributed by atoms with E-state index in [9.17, 15) is 0 Å². The molecule has 0 fully saturated rings. The third kappa shape index (κ3) is 1.26. The van der Waals surface area contributed by atoms with Crippen LogP contribution in [0.25, 0.3) is 44.4 Å². The molecule has 4 nitrogen and oxygen atoms in total. The van der Waals surface area contributed by atoms with Gasteiger partial charge in [0.1, 0.15) is 11.0 Å². The van der Waals surface area contributed by atoms with Gasteiger partial charge in [0.05, 0.1) is 0 Å². The number of aromatic nitrogens is 2. The zero-order chi connectivity index (χ0) is 13.1. The molecule has 0 aliphatic heterocycles. The molecule has 5 rings (SSSR count). The number of oxazole rings is 2. The highest BCUT2D eigenvalue weighted by atomic mass is 16.3. The molecule has 0 unspecified atom stereocenters. The van der Waals surface area contributed by atoms with E-state index >= 15 is 0 Å². The maximum atomic E-state index is 5.63. The first-order valence-electron chi connectivity index (χ1n) is 6.19. The molecule has 92 valence electrons. The normalized spacial score (nSPS) is 11.6. The van der Waals surface area contributed by atoms with E-state index in [2.05, 4.69) is 22.1 Å². The smallest absolute Gasteiger partial charge is 0.274 e. The van der Waals surface area contributed by atoms with E-state index in [1.165, 1.54) is 0 Å². The summed E-state index contributed by atoms with van der Waals surface area (Å²) in [6, 6.07) is 17.5. The van der Waals surface area contributed by atoms with Crippen molar-refractivity contribution >= 4 is 44.4 Å². The van der Waals surface area contributed by atoms with Gasteiger partial charge in [-0.1, -0.05) is 12.1 Å². The third-order valence-corrected chi connectivity index (χ3v) is 3.39. The first-order valence-corrected chi connectivity index (χ1v) is 6.19. The van der Waals surface area contributed by atoms with E-state index in [1.54, 1.807) is 0 Å². The molecule has 0 atom stereocenters. The molecule has 0 radical (unpaired) electrons. The Hall–Kier alpha value is -3.06. The van der Waals surface area contributed by atoms with Gasteiger partial charge in [0, 0.05) is 12.1 Å². The second-order valence-corrected chi connectivity index (χ2v) is 4.65. The highest BCUT2D eigenvalue weighted by Crippen LogP contribution is 2.24. The molecular formula is C16H6N2O2. The lowest BCUT2D eigenvalue weighted by atomic mass is 10.1. The Bertz CT molecular complexity index is 1020. The largest absolute Gasteiger partial charge is 0.430 e. The van der Waals surface area contributed by atoms with Gasteiger partial charge in [0.2, 0.25) is 0 Å². The van der Waals surface area contributed by atoms with Crippen molar-refractivity contribution in [3.05, 3.63) is 48.5 Å². The van der Waals surface area contributed by atoms with Crippen LogP contribution in [0.3, 0.4) is 0 Å². The highest BCUT2D eigenvalue weighted by Gasteiger charge is 2.05. The molecule has 0 saturated heterocycles.